The maximum absolute atomic E-state index is 12.9. The Morgan fingerprint density at radius 2 is 1.93 bits per heavy atom. The number of methoxy groups -OCH3 is 1. The number of carbonyl (C=O) groups is 1. The lowest BCUT2D eigenvalue weighted by atomic mass is 9.90. The second kappa shape index (κ2) is 7.51. The Labute approximate surface area is 170 Å². The molecule has 29 heavy (non-hydrogen) atoms. The number of anilines is 2. The van der Waals surface area contributed by atoms with Crippen molar-refractivity contribution in [2.45, 2.75) is 25.9 Å². The number of benzene rings is 2. The number of carbonyl (C=O) groups excluding carboxylic acids is 1. The molecule has 4 rings (SSSR count). The molecule has 0 fully saturated rings. The zero-order valence-electron chi connectivity index (χ0n) is 16.9. The van der Waals surface area contributed by atoms with Crippen LogP contribution in [0.4, 0.5) is 11.4 Å². The number of fused-ring (bicyclic) bond motifs is 1. The molecular weight excluding hydrogens is 362 g/mol. The maximum atomic E-state index is 12.9. The SMILES string of the molecule is CCC(=O)C1=CC=CN(c2c[nH]c3ccccc23)C1(C)Nc1ccccc1OC. The third-order valence-corrected chi connectivity index (χ3v) is 5.44. The molecule has 1 unspecified atom stereocenters. The smallest absolute Gasteiger partial charge is 0.162 e. The van der Waals surface area contributed by atoms with Crippen LogP contribution in [0.1, 0.15) is 20.3 Å². The van der Waals surface area contributed by atoms with E-state index in [1.54, 1.807) is 7.11 Å². The number of rotatable bonds is 6. The summed E-state index contributed by atoms with van der Waals surface area (Å²) in [7, 11) is 1.65. The van der Waals surface area contributed by atoms with Gasteiger partial charge in [-0.15, -0.1) is 0 Å². The van der Waals surface area contributed by atoms with Crippen molar-refractivity contribution in [3.05, 3.63) is 78.7 Å². The molecule has 148 valence electrons. The van der Waals surface area contributed by atoms with E-state index in [2.05, 4.69) is 21.3 Å². The number of aromatic nitrogens is 1. The van der Waals surface area contributed by atoms with Gasteiger partial charge in [-0.25, -0.2) is 0 Å². The van der Waals surface area contributed by atoms with Gasteiger partial charge in [0, 0.05) is 35.3 Å². The van der Waals surface area contributed by atoms with Crippen LogP contribution in [0, 0.1) is 0 Å². The lowest BCUT2D eigenvalue weighted by molar-refractivity contribution is -0.115. The summed E-state index contributed by atoms with van der Waals surface area (Å²) in [5.74, 6) is 0.828. The molecule has 2 aromatic carbocycles. The highest BCUT2D eigenvalue weighted by Crippen LogP contribution is 2.40. The minimum absolute atomic E-state index is 0.101. The summed E-state index contributed by atoms with van der Waals surface area (Å²) >= 11 is 0. The van der Waals surface area contributed by atoms with E-state index in [1.807, 2.05) is 80.9 Å². The first-order valence-electron chi connectivity index (χ1n) is 9.77. The summed E-state index contributed by atoms with van der Waals surface area (Å²) < 4.78 is 5.54. The van der Waals surface area contributed by atoms with Gasteiger partial charge in [-0.1, -0.05) is 37.3 Å². The van der Waals surface area contributed by atoms with Crippen LogP contribution in [0.5, 0.6) is 5.75 Å². The van der Waals surface area contributed by atoms with E-state index >= 15 is 0 Å². The van der Waals surface area contributed by atoms with Gasteiger partial charge in [-0.05, 0) is 37.3 Å². The van der Waals surface area contributed by atoms with Crippen molar-refractivity contribution in [1.82, 2.24) is 4.98 Å². The van der Waals surface area contributed by atoms with E-state index in [1.165, 1.54) is 0 Å². The minimum atomic E-state index is -0.790. The van der Waals surface area contributed by atoms with Crippen molar-refractivity contribution >= 4 is 28.1 Å². The van der Waals surface area contributed by atoms with Crippen LogP contribution in [0.15, 0.2) is 78.7 Å². The molecule has 0 amide bonds. The number of hydrogen-bond donors (Lipinski definition) is 2. The van der Waals surface area contributed by atoms with Gasteiger partial charge in [0.05, 0.1) is 18.5 Å². The number of ether oxygens (including phenoxy) is 1. The predicted molar refractivity (Wildman–Crippen MR) is 118 cm³/mol. The molecule has 1 aliphatic rings. The fourth-order valence-electron chi connectivity index (χ4n) is 3.94. The van der Waals surface area contributed by atoms with E-state index in [0.29, 0.717) is 12.0 Å². The molecule has 2 heterocycles. The Kier molecular flexibility index (Phi) is 4.89. The molecule has 3 aromatic rings. The Morgan fingerprint density at radius 1 is 1.17 bits per heavy atom. The van der Waals surface area contributed by atoms with Gasteiger partial charge in [0.2, 0.25) is 0 Å². The predicted octanol–water partition coefficient (Wildman–Crippen LogP) is 5.24. The maximum Gasteiger partial charge on any atom is 0.162 e. The topological polar surface area (TPSA) is 57.4 Å². The van der Waals surface area contributed by atoms with E-state index in [4.69, 9.17) is 4.74 Å². The number of hydrogen-bond acceptors (Lipinski definition) is 4. The fourth-order valence-corrected chi connectivity index (χ4v) is 3.94. The molecule has 5 heteroatoms. The Bertz CT molecular complexity index is 1110. The molecule has 0 spiro atoms. The van der Waals surface area contributed by atoms with Crippen LogP contribution in [-0.4, -0.2) is 23.5 Å². The Morgan fingerprint density at radius 3 is 2.72 bits per heavy atom. The van der Waals surface area contributed by atoms with Gasteiger partial charge in [0.25, 0.3) is 0 Å². The van der Waals surface area contributed by atoms with Crippen LogP contribution < -0.4 is 15.0 Å². The van der Waals surface area contributed by atoms with Crippen LogP contribution in [-0.2, 0) is 4.79 Å². The van der Waals surface area contributed by atoms with E-state index in [0.717, 1.165) is 28.0 Å². The number of allylic oxidation sites excluding steroid dienone is 2. The summed E-state index contributed by atoms with van der Waals surface area (Å²) in [5, 5.41) is 4.68. The number of aromatic amines is 1. The van der Waals surface area contributed by atoms with E-state index < -0.39 is 5.66 Å². The van der Waals surface area contributed by atoms with Gasteiger partial charge in [0.1, 0.15) is 11.4 Å². The fraction of sp³-hybridized carbons (Fsp3) is 0.208. The highest BCUT2D eigenvalue weighted by molar-refractivity contribution is 6.01. The summed E-state index contributed by atoms with van der Waals surface area (Å²) in [4.78, 5) is 18.3. The average molecular weight is 387 g/mol. The largest absolute Gasteiger partial charge is 0.495 e. The van der Waals surface area contributed by atoms with E-state index in [9.17, 15) is 4.79 Å². The number of Topliss-reactive ketones (excluding diaryl/α,β-unsaturated/α-hetero) is 1. The highest BCUT2D eigenvalue weighted by atomic mass is 16.5. The number of para-hydroxylation sites is 3. The van der Waals surface area contributed by atoms with Crippen LogP contribution >= 0.6 is 0 Å². The summed E-state index contributed by atoms with van der Waals surface area (Å²) in [6.07, 6.45) is 8.25. The van der Waals surface area contributed by atoms with Crippen molar-refractivity contribution < 1.29 is 9.53 Å². The molecule has 0 saturated heterocycles. The van der Waals surface area contributed by atoms with Crippen LogP contribution in [0.3, 0.4) is 0 Å². The summed E-state index contributed by atoms with van der Waals surface area (Å²) in [6.45, 7) is 3.92. The molecule has 1 atom stereocenters. The summed E-state index contributed by atoms with van der Waals surface area (Å²) in [5.41, 5.74) is 2.79. The molecule has 0 aliphatic carbocycles. The number of ketones is 1. The Balaban J connectivity index is 1.86. The number of nitrogens with zero attached hydrogens (tertiary/aromatic N) is 1. The summed E-state index contributed by atoms with van der Waals surface area (Å²) in [6, 6.07) is 15.9. The van der Waals surface area contributed by atoms with Crippen LogP contribution in [0.25, 0.3) is 10.9 Å². The molecule has 0 saturated carbocycles. The first-order valence-corrected chi connectivity index (χ1v) is 9.77. The third kappa shape index (κ3) is 3.18. The van der Waals surface area contributed by atoms with Gasteiger partial charge in [-0.2, -0.15) is 0 Å². The molecule has 0 radical (unpaired) electrons. The molecule has 1 aromatic heterocycles. The minimum Gasteiger partial charge on any atom is -0.495 e. The van der Waals surface area contributed by atoms with Gasteiger partial charge in [0.15, 0.2) is 5.78 Å². The van der Waals surface area contributed by atoms with Gasteiger partial charge < -0.3 is 19.9 Å². The molecular formula is C24H25N3O2. The lowest BCUT2D eigenvalue weighted by Crippen LogP contribution is -2.54. The lowest BCUT2D eigenvalue weighted by Gasteiger charge is -2.44. The van der Waals surface area contributed by atoms with Gasteiger partial charge in [-0.3, -0.25) is 4.79 Å². The zero-order chi connectivity index (χ0) is 20.4. The number of H-pyrrole nitrogens is 1. The normalized spacial score (nSPS) is 18.6. The quantitative estimate of drug-likeness (QED) is 0.607. The second-order valence-corrected chi connectivity index (χ2v) is 7.19. The monoisotopic (exact) mass is 387 g/mol. The molecule has 1 aliphatic heterocycles. The van der Waals surface area contributed by atoms with Crippen molar-refractivity contribution in [2.75, 3.05) is 17.3 Å². The first-order chi connectivity index (χ1) is 14.1. The third-order valence-electron chi connectivity index (χ3n) is 5.44. The van der Waals surface area contributed by atoms with Crippen molar-refractivity contribution in [3.63, 3.8) is 0 Å². The standard InChI is InChI=1S/C24H25N3O2/c1-4-22(28)18-11-9-15-27(21-16-25-19-12-6-5-10-17(19)21)24(18,2)26-20-13-7-8-14-23(20)29-3/h5-16,25-26H,4H2,1-3H3. The van der Waals surface area contributed by atoms with Crippen LogP contribution in [0.2, 0.25) is 0 Å². The van der Waals surface area contributed by atoms with Crippen molar-refractivity contribution in [2.24, 2.45) is 0 Å². The van der Waals surface area contributed by atoms with Crippen molar-refractivity contribution in [1.29, 1.82) is 0 Å². The second-order valence-electron chi connectivity index (χ2n) is 7.19. The molecule has 2 N–H and O–H groups in total. The van der Waals surface area contributed by atoms with E-state index in [-0.39, 0.29) is 5.78 Å². The van der Waals surface area contributed by atoms with Crippen molar-refractivity contribution in [3.8, 4) is 5.75 Å². The zero-order valence-corrected chi connectivity index (χ0v) is 16.9. The highest BCUT2D eigenvalue weighted by Gasteiger charge is 2.40. The number of nitrogens with one attached hydrogen (secondary N) is 2. The average Bonchev–Trinajstić information content (AvgIpc) is 3.17. The first kappa shape index (κ1) is 18.9. The molecule has 5 nitrogen and oxygen atoms in total. The Hall–Kier alpha value is -3.47. The molecule has 0 bridgehead atoms. The van der Waals surface area contributed by atoms with Gasteiger partial charge >= 0.3 is 0 Å².